The molecule has 1 aliphatic carbocycles. The van der Waals surface area contributed by atoms with Gasteiger partial charge in [0.1, 0.15) is 0 Å². The third kappa shape index (κ3) is 3.79. The molecule has 5 rings (SSSR count). The summed E-state index contributed by atoms with van der Waals surface area (Å²) >= 11 is 0. The van der Waals surface area contributed by atoms with Gasteiger partial charge in [0.25, 0.3) is 0 Å². The molecule has 2 aliphatic rings. The van der Waals surface area contributed by atoms with Gasteiger partial charge in [0.15, 0.2) is 5.41 Å². The second kappa shape index (κ2) is 9.53. The second-order valence-electron chi connectivity index (χ2n) is 10.8. The van der Waals surface area contributed by atoms with Crippen LogP contribution in [0.15, 0.2) is 48.0 Å². The number of nitrogens with one attached hydrogen (secondary N) is 1. The zero-order valence-corrected chi connectivity index (χ0v) is 23.3. The average molecular weight is 510 g/mol. The third-order valence-corrected chi connectivity index (χ3v) is 8.52. The van der Waals surface area contributed by atoms with E-state index in [-0.39, 0.29) is 19.8 Å². The summed E-state index contributed by atoms with van der Waals surface area (Å²) < 4.78 is 10.2. The van der Waals surface area contributed by atoms with Crippen LogP contribution in [0.1, 0.15) is 41.7 Å². The van der Waals surface area contributed by atoms with Crippen molar-refractivity contribution in [2.75, 3.05) is 30.8 Å². The summed E-state index contributed by atoms with van der Waals surface area (Å²) in [5, 5.41) is 6.27. The molecular weight excluding hydrogens is 475 g/mol. The van der Waals surface area contributed by atoms with Crippen molar-refractivity contribution >= 4 is 46.5 Å². The first-order valence-corrected chi connectivity index (χ1v) is 13.1. The van der Waals surface area contributed by atoms with Gasteiger partial charge in [-0.2, -0.15) is 0 Å². The van der Waals surface area contributed by atoms with E-state index in [0.29, 0.717) is 0 Å². The Balaban J connectivity index is 1.70. The predicted octanol–water partition coefficient (Wildman–Crippen LogP) is 4.79. The lowest BCUT2D eigenvalue weighted by Crippen LogP contribution is -2.58. The summed E-state index contributed by atoms with van der Waals surface area (Å²) in [5.41, 5.74) is 8.84. The Labute approximate surface area is 225 Å². The molecule has 3 aromatic carbocycles. The molecule has 6 nitrogen and oxygen atoms in total. The number of esters is 2. The molecule has 0 amide bonds. The molecule has 1 heterocycles. The van der Waals surface area contributed by atoms with Crippen LogP contribution in [-0.4, -0.2) is 39.7 Å². The molecule has 0 saturated carbocycles. The van der Waals surface area contributed by atoms with E-state index in [2.05, 4.69) is 87.1 Å². The van der Waals surface area contributed by atoms with E-state index < -0.39 is 17.4 Å². The minimum Gasteiger partial charge on any atom is -0.468 e. The molecule has 38 heavy (non-hydrogen) atoms. The maximum atomic E-state index is 13.0. The number of carbonyl (C=O) groups excluding carboxylic acids is 2. The van der Waals surface area contributed by atoms with Crippen LogP contribution in [0.25, 0.3) is 10.8 Å². The molecule has 0 radical (unpaired) electrons. The van der Waals surface area contributed by atoms with Gasteiger partial charge in [0.2, 0.25) is 0 Å². The van der Waals surface area contributed by atoms with Gasteiger partial charge in [0.05, 0.1) is 14.2 Å². The highest BCUT2D eigenvalue weighted by Gasteiger charge is 2.54. The zero-order valence-electron chi connectivity index (χ0n) is 23.3. The molecule has 3 aromatic rings. The Morgan fingerprint density at radius 3 is 2.16 bits per heavy atom. The number of benzene rings is 3. The van der Waals surface area contributed by atoms with Gasteiger partial charge < -0.3 is 19.5 Å². The van der Waals surface area contributed by atoms with Crippen LogP contribution in [-0.2, 0) is 31.9 Å². The van der Waals surface area contributed by atoms with Crippen molar-refractivity contribution in [3.8, 4) is 0 Å². The number of anilines is 2. The fourth-order valence-electron chi connectivity index (χ4n) is 6.40. The highest BCUT2D eigenvalue weighted by Crippen LogP contribution is 2.43. The van der Waals surface area contributed by atoms with Crippen molar-refractivity contribution in [2.45, 2.75) is 47.5 Å². The smallest absolute Gasteiger partial charge is 0.409 e. The molecule has 7 heteroatoms. The first-order valence-electron chi connectivity index (χ1n) is 13.1. The van der Waals surface area contributed by atoms with Gasteiger partial charge in [-0.3, -0.25) is 9.59 Å². The quantitative estimate of drug-likeness (QED) is 0.231. The van der Waals surface area contributed by atoms with E-state index in [1.54, 1.807) is 0 Å². The lowest BCUT2D eigenvalue weighted by Gasteiger charge is -2.39. The monoisotopic (exact) mass is 510 g/mol. The molecule has 0 fully saturated rings. The number of methoxy groups -OCH3 is 2. The van der Waals surface area contributed by atoms with Gasteiger partial charge in [0, 0.05) is 36.1 Å². The van der Waals surface area contributed by atoms with Gasteiger partial charge in [-0.05, 0) is 85.4 Å². The van der Waals surface area contributed by atoms with Crippen molar-refractivity contribution < 1.29 is 19.1 Å². The van der Waals surface area contributed by atoms with Gasteiger partial charge >= 0.3 is 18.9 Å². The summed E-state index contributed by atoms with van der Waals surface area (Å²) in [7, 11) is 2.66. The van der Waals surface area contributed by atoms with Crippen molar-refractivity contribution in [3.63, 3.8) is 0 Å². The zero-order chi connectivity index (χ0) is 27.4. The standard InChI is InChI=1S/C31H35BN2O4/c1-18(2)14-15-34-26-13-9-11-22-10-8-12-25(27(22)26)33-32(34)28-20(4)19(3)23-16-31(29(35)37-6,30(36)38-7)17-24(23)21(28)5/h8-14,33H,15-17H2,1-7H3. The number of rotatable bonds is 5. The molecular formula is C31H35BN2O4. The van der Waals surface area contributed by atoms with Crippen LogP contribution in [0.3, 0.4) is 0 Å². The van der Waals surface area contributed by atoms with E-state index in [1.165, 1.54) is 41.7 Å². The van der Waals surface area contributed by atoms with Crippen molar-refractivity contribution in [3.05, 3.63) is 75.9 Å². The van der Waals surface area contributed by atoms with Crippen LogP contribution >= 0.6 is 0 Å². The van der Waals surface area contributed by atoms with Gasteiger partial charge in [-0.15, -0.1) is 0 Å². The summed E-state index contributed by atoms with van der Waals surface area (Å²) in [6, 6.07) is 12.8. The average Bonchev–Trinajstić information content (AvgIpc) is 3.33. The second-order valence-corrected chi connectivity index (χ2v) is 10.8. The van der Waals surface area contributed by atoms with Crippen molar-refractivity contribution in [2.24, 2.45) is 5.41 Å². The van der Waals surface area contributed by atoms with E-state index in [4.69, 9.17) is 9.47 Å². The highest BCUT2D eigenvalue weighted by atomic mass is 16.5. The lowest BCUT2D eigenvalue weighted by atomic mass is 9.59. The summed E-state index contributed by atoms with van der Waals surface area (Å²) in [6.07, 6.45) is 2.82. The Morgan fingerprint density at radius 1 is 0.947 bits per heavy atom. The Hall–Kier alpha value is -3.74. The van der Waals surface area contributed by atoms with Crippen molar-refractivity contribution in [1.82, 2.24) is 0 Å². The predicted molar refractivity (Wildman–Crippen MR) is 154 cm³/mol. The molecule has 0 atom stereocenters. The summed E-state index contributed by atoms with van der Waals surface area (Å²) in [4.78, 5) is 28.4. The van der Waals surface area contributed by atoms with E-state index in [1.807, 2.05) is 0 Å². The number of hydrogen-bond donors (Lipinski definition) is 1. The number of allylic oxidation sites excluding steroid dienone is 1. The minimum absolute atomic E-state index is 0.124. The fraction of sp³-hybridized carbons (Fsp3) is 0.355. The van der Waals surface area contributed by atoms with E-state index >= 15 is 0 Å². The largest absolute Gasteiger partial charge is 0.468 e. The number of hydrogen-bond acceptors (Lipinski definition) is 6. The van der Waals surface area contributed by atoms with Crippen LogP contribution < -0.4 is 15.5 Å². The topological polar surface area (TPSA) is 67.9 Å². The lowest BCUT2D eigenvalue weighted by molar-refractivity contribution is -0.168. The first-order chi connectivity index (χ1) is 18.1. The van der Waals surface area contributed by atoms with Gasteiger partial charge in [-0.25, -0.2) is 0 Å². The molecule has 1 aliphatic heterocycles. The van der Waals surface area contributed by atoms with Crippen LogP contribution in [0.5, 0.6) is 0 Å². The normalized spacial score (nSPS) is 15.1. The van der Waals surface area contributed by atoms with Crippen LogP contribution in [0.4, 0.5) is 11.4 Å². The SMILES string of the molecule is COC(=O)C1(C(=O)OC)Cc2c(C)c(C)c(B3Nc4cccc5cccc(c45)N3CC=C(C)C)c(C)c2C1. The minimum atomic E-state index is -1.35. The number of ether oxygens (including phenoxy) is 2. The Morgan fingerprint density at radius 2 is 1.55 bits per heavy atom. The molecule has 196 valence electrons. The van der Waals surface area contributed by atoms with E-state index in [0.717, 1.165) is 40.0 Å². The molecule has 0 saturated heterocycles. The van der Waals surface area contributed by atoms with Crippen LogP contribution in [0.2, 0.25) is 0 Å². The number of fused-ring (bicyclic) bond motifs is 1. The molecule has 1 N–H and O–H groups in total. The molecule has 0 aromatic heterocycles. The third-order valence-electron chi connectivity index (χ3n) is 8.52. The fourth-order valence-corrected chi connectivity index (χ4v) is 6.40. The van der Waals surface area contributed by atoms with E-state index in [9.17, 15) is 9.59 Å². The maximum Gasteiger partial charge on any atom is 0.409 e. The molecule has 0 bridgehead atoms. The highest BCUT2D eigenvalue weighted by molar-refractivity contribution is 6.81. The van der Waals surface area contributed by atoms with Crippen LogP contribution in [0, 0.1) is 26.2 Å². The Kier molecular flexibility index (Phi) is 6.50. The molecule has 0 unspecified atom stereocenters. The Bertz CT molecular complexity index is 1480. The van der Waals surface area contributed by atoms with Gasteiger partial charge in [-0.1, -0.05) is 35.9 Å². The maximum absolute atomic E-state index is 13.0. The summed E-state index contributed by atoms with van der Waals surface area (Å²) in [5.74, 6) is -1.08. The number of carbonyl (C=O) groups is 2. The number of nitrogens with zero attached hydrogens (tertiary/aromatic N) is 1. The molecule has 0 spiro atoms. The first kappa shape index (κ1) is 25.9. The van der Waals surface area contributed by atoms with Crippen molar-refractivity contribution in [1.29, 1.82) is 0 Å². The summed E-state index contributed by atoms with van der Waals surface area (Å²) in [6.45, 7) is 11.2.